The average molecular weight is 473 g/mol. The maximum atomic E-state index is 6.55. The lowest BCUT2D eigenvalue weighted by molar-refractivity contribution is 0.0914. The first-order chi connectivity index (χ1) is 16.0. The van der Waals surface area contributed by atoms with Gasteiger partial charge in [0.05, 0.1) is 17.2 Å². The third kappa shape index (κ3) is 6.60. The van der Waals surface area contributed by atoms with Crippen LogP contribution in [-0.2, 0) is 9.47 Å². The molecule has 0 spiro atoms. The zero-order chi connectivity index (χ0) is 23.3. The highest BCUT2D eigenvalue weighted by atomic mass is 35.5. The van der Waals surface area contributed by atoms with Crippen molar-refractivity contribution in [1.29, 1.82) is 0 Å². The summed E-state index contributed by atoms with van der Waals surface area (Å²) in [5.41, 5.74) is 3.16. The SMILES string of the molecule is COC[C@@H](C)N[C@H]1CC[C@H](Nc2cc(-c3cccc(NCC4(OC)CC4)c3)c(Cl)cn2)CC1. The molecule has 2 aliphatic carbocycles. The van der Waals surface area contributed by atoms with Crippen LogP contribution in [0.25, 0.3) is 11.1 Å². The molecule has 1 atom stereocenters. The van der Waals surface area contributed by atoms with Gasteiger partial charge in [0.2, 0.25) is 0 Å². The van der Waals surface area contributed by atoms with Crippen LogP contribution in [0.5, 0.6) is 0 Å². The summed E-state index contributed by atoms with van der Waals surface area (Å²) in [6.07, 6.45) is 8.54. The maximum absolute atomic E-state index is 6.55. The number of halogens is 1. The number of hydrogen-bond donors (Lipinski definition) is 3. The van der Waals surface area contributed by atoms with Crippen molar-refractivity contribution in [2.24, 2.45) is 0 Å². The first kappa shape index (κ1) is 24.3. The maximum Gasteiger partial charge on any atom is 0.126 e. The Kier molecular flexibility index (Phi) is 8.12. The zero-order valence-corrected chi connectivity index (χ0v) is 20.8. The largest absolute Gasteiger partial charge is 0.383 e. The third-order valence-electron chi connectivity index (χ3n) is 6.90. The van der Waals surface area contributed by atoms with Crippen molar-refractivity contribution in [2.75, 3.05) is 38.0 Å². The Morgan fingerprint density at radius 2 is 1.88 bits per heavy atom. The van der Waals surface area contributed by atoms with Crippen molar-refractivity contribution in [1.82, 2.24) is 10.3 Å². The minimum Gasteiger partial charge on any atom is -0.383 e. The van der Waals surface area contributed by atoms with Gasteiger partial charge in [0, 0.05) is 56.3 Å². The second-order valence-corrected chi connectivity index (χ2v) is 9.99. The van der Waals surface area contributed by atoms with Crippen LogP contribution in [0.15, 0.2) is 36.5 Å². The van der Waals surface area contributed by atoms with Crippen LogP contribution in [0, 0.1) is 0 Å². The molecule has 0 radical (unpaired) electrons. The number of rotatable bonds is 11. The van der Waals surface area contributed by atoms with E-state index in [0.29, 0.717) is 23.1 Å². The molecule has 6 nitrogen and oxygen atoms in total. The normalized spacial score (nSPS) is 22.5. The fourth-order valence-corrected chi connectivity index (χ4v) is 4.92. The molecule has 1 aromatic heterocycles. The molecule has 2 aliphatic rings. The first-order valence-corrected chi connectivity index (χ1v) is 12.4. The molecule has 0 saturated heterocycles. The van der Waals surface area contributed by atoms with Crippen LogP contribution in [-0.4, -0.2) is 56.1 Å². The highest BCUT2D eigenvalue weighted by Crippen LogP contribution is 2.39. The molecule has 7 heteroatoms. The fourth-order valence-electron chi connectivity index (χ4n) is 4.71. The monoisotopic (exact) mass is 472 g/mol. The number of aromatic nitrogens is 1. The molecule has 4 rings (SSSR count). The van der Waals surface area contributed by atoms with Crippen molar-refractivity contribution in [2.45, 2.75) is 69.2 Å². The summed E-state index contributed by atoms with van der Waals surface area (Å²) in [4.78, 5) is 4.55. The lowest BCUT2D eigenvalue weighted by atomic mass is 9.90. The molecule has 2 saturated carbocycles. The Morgan fingerprint density at radius 3 is 2.58 bits per heavy atom. The van der Waals surface area contributed by atoms with Crippen molar-refractivity contribution >= 4 is 23.1 Å². The van der Waals surface area contributed by atoms with Crippen molar-refractivity contribution in [3.05, 3.63) is 41.6 Å². The zero-order valence-electron chi connectivity index (χ0n) is 20.0. The lowest BCUT2D eigenvalue weighted by Gasteiger charge is -2.32. The van der Waals surface area contributed by atoms with Crippen LogP contribution in [0.4, 0.5) is 11.5 Å². The van der Waals surface area contributed by atoms with Gasteiger partial charge in [-0.3, -0.25) is 0 Å². The van der Waals surface area contributed by atoms with Gasteiger partial charge in [0.25, 0.3) is 0 Å². The summed E-state index contributed by atoms with van der Waals surface area (Å²) in [5, 5.41) is 11.5. The molecule has 180 valence electrons. The van der Waals surface area contributed by atoms with Crippen molar-refractivity contribution < 1.29 is 9.47 Å². The van der Waals surface area contributed by atoms with Gasteiger partial charge >= 0.3 is 0 Å². The molecule has 2 fully saturated rings. The van der Waals surface area contributed by atoms with Gasteiger partial charge in [0.15, 0.2) is 0 Å². The van der Waals surface area contributed by atoms with E-state index in [4.69, 9.17) is 21.1 Å². The molecule has 2 aromatic rings. The summed E-state index contributed by atoms with van der Waals surface area (Å²) in [5.74, 6) is 0.883. The van der Waals surface area contributed by atoms with Crippen molar-refractivity contribution in [3.8, 4) is 11.1 Å². The van der Waals surface area contributed by atoms with E-state index in [1.165, 1.54) is 0 Å². The van der Waals surface area contributed by atoms with Crippen LogP contribution in [0.3, 0.4) is 0 Å². The fraction of sp³-hybridized carbons (Fsp3) is 0.577. The second-order valence-electron chi connectivity index (χ2n) is 9.59. The van der Waals surface area contributed by atoms with E-state index in [1.807, 2.05) is 0 Å². The van der Waals surface area contributed by atoms with E-state index in [2.05, 4.69) is 58.2 Å². The van der Waals surface area contributed by atoms with Crippen molar-refractivity contribution in [3.63, 3.8) is 0 Å². The average Bonchev–Trinajstić information content (AvgIpc) is 3.61. The Hall–Kier alpha value is -1.86. The highest BCUT2D eigenvalue weighted by molar-refractivity contribution is 6.33. The van der Waals surface area contributed by atoms with E-state index >= 15 is 0 Å². The quantitative estimate of drug-likeness (QED) is 0.410. The molecular formula is C26H37ClN4O2. The molecule has 33 heavy (non-hydrogen) atoms. The van der Waals surface area contributed by atoms with E-state index in [1.54, 1.807) is 20.4 Å². The number of pyridine rings is 1. The highest BCUT2D eigenvalue weighted by Gasteiger charge is 2.42. The van der Waals surface area contributed by atoms with Gasteiger partial charge in [-0.2, -0.15) is 0 Å². The lowest BCUT2D eigenvalue weighted by Crippen LogP contribution is -2.42. The smallest absolute Gasteiger partial charge is 0.126 e. The summed E-state index contributed by atoms with van der Waals surface area (Å²) in [6.45, 7) is 3.75. The van der Waals surface area contributed by atoms with Gasteiger partial charge in [-0.05, 0) is 69.2 Å². The Bertz CT molecular complexity index is 913. The Labute approximate surface area is 202 Å². The van der Waals surface area contributed by atoms with E-state index < -0.39 is 0 Å². The summed E-state index contributed by atoms with van der Waals surface area (Å²) in [6, 6.07) is 11.8. The number of nitrogens with one attached hydrogen (secondary N) is 3. The topological polar surface area (TPSA) is 67.4 Å². The van der Waals surface area contributed by atoms with Gasteiger partial charge in [0.1, 0.15) is 5.82 Å². The predicted molar refractivity (Wildman–Crippen MR) is 136 cm³/mol. The minimum atomic E-state index is 0.0117. The number of anilines is 2. The molecule has 0 bridgehead atoms. The van der Waals surface area contributed by atoms with Gasteiger partial charge in [-0.1, -0.05) is 23.7 Å². The standard InChI is InChI=1S/C26H37ClN4O2/c1-18(16-32-2)30-20-7-9-21(10-8-20)31-25-14-23(24(27)15-28-25)19-5-4-6-22(13-19)29-17-26(33-3)11-12-26/h4-6,13-15,18,20-21,29-30H,7-12,16-17H2,1-3H3,(H,28,31)/t18-,20-,21-/m1/s1. The molecule has 3 N–H and O–H groups in total. The van der Waals surface area contributed by atoms with Gasteiger partial charge in [-0.15, -0.1) is 0 Å². The third-order valence-corrected chi connectivity index (χ3v) is 7.20. The second kappa shape index (κ2) is 11.0. The Balaban J connectivity index is 1.36. The van der Waals surface area contributed by atoms with Crippen LogP contribution in [0.1, 0.15) is 45.4 Å². The van der Waals surface area contributed by atoms with E-state index in [0.717, 1.165) is 74.3 Å². The Morgan fingerprint density at radius 1 is 1.12 bits per heavy atom. The van der Waals surface area contributed by atoms with E-state index in [9.17, 15) is 0 Å². The molecule has 0 unspecified atom stereocenters. The first-order valence-electron chi connectivity index (χ1n) is 12.1. The summed E-state index contributed by atoms with van der Waals surface area (Å²) >= 11 is 6.55. The molecule has 1 heterocycles. The predicted octanol–water partition coefficient (Wildman–Crippen LogP) is 5.34. The molecular weight excluding hydrogens is 436 g/mol. The van der Waals surface area contributed by atoms with Gasteiger partial charge in [-0.25, -0.2) is 4.98 Å². The van der Waals surface area contributed by atoms with Crippen LogP contribution < -0.4 is 16.0 Å². The van der Waals surface area contributed by atoms with Gasteiger partial charge < -0.3 is 25.4 Å². The number of ether oxygens (including phenoxy) is 2. The van der Waals surface area contributed by atoms with Crippen LogP contribution >= 0.6 is 11.6 Å². The summed E-state index contributed by atoms with van der Waals surface area (Å²) < 4.78 is 10.9. The van der Waals surface area contributed by atoms with E-state index in [-0.39, 0.29) is 5.60 Å². The number of nitrogens with zero attached hydrogens (tertiary/aromatic N) is 1. The minimum absolute atomic E-state index is 0.0117. The number of benzene rings is 1. The number of methoxy groups -OCH3 is 2. The summed E-state index contributed by atoms with van der Waals surface area (Å²) in [7, 11) is 3.55. The molecule has 1 aromatic carbocycles. The number of hydrogen-bond acceptors (Lipinski definition) is 6. The van der Waals surface area contributed by atoms with Crippen LogP contribution in [0.2, 0.25) is 5.02 Å². The molecule has 0 aliphatic heterocycles. The molecule has 0 amide bonds.